The zero-order chi connectivity index (χ0) is 14.0. The molecule has 0 spiro atoms. The molecule has 5 nitrogen and oxygen atoms in total. The van der Waals surface area contributed by atoms with Crippen LogP contribution >= 0.6 is 0 Å². The standard InChI is InChI=1S/C13H20N2O3S/c1-2-10-5-7-15(8-6-10)19(17,18)11-3-4-13(16)12(14)9-11/h3-4,9-10,16H,2,5-8,14H2,1H3. The number of benzene rings is 1. The Morgan fingerprint density at radius 2 is 2.00 bits per heavy atom. The van der Waals surface area contributed by atoms with Crippen molar-refractivity contribution in [3.63, 3.8) is 0 Å². The molecule has 1 saturated heterocycles. The van der Waals surface area contributed by atoms with Crippen LogP contribution in [0, 0.1) is 5.92 Å². The maximum atomic E-state index is 12.4. The van der Waals surface area contributed by atoms with E-state index in [0.29, 0.717) is 19.0 Å². The number of aromatic hydroxyl groups is 1. The zero-order valence-corrected chi connectivity index (χ0v) is 11.9. The number of hydrogen-bond donors (Lipinski definition) is 2. The number of piperidine rings is 1. The molecule has 6 heteroatoms. The van der Waals surface area contributed by atoms with Crippen molar-refractivity contribution in [2.45, 2.75) is 31.1 Å². The fraction of sp³-hybridized carbons (Fsp3) is 0.538. The van der Waals surface area contributed by atoms with E-state index in [0.717, 1.165) is 19.3 Å². The van der Waals surface area contributed by atoms with Crippen molar-refractivity contribution < 1.29 is 13.5 Å². The van der Waals surface area contributed by atoms with E-state index in [4.69, 9.17) is 5.73 Å². The van der Waals surface area contributed by atoms with Crippen LogP contribution in [0.4, 0.5) is 5.69 Å². The topological polar surface area (TPSA) is 83.6 Å². The summed E-state index contributed by atoms with van der Waals surface area (Å²) < 4.78 is 26.4. The molecule has 0 radical (unpaired) electrons. The molecular formula is C13H20N2O3S. The fourth-order valence-electron chi connectivity index (χ4n) is 2.40. The number of rotatable bonds is 3. The Morgan fingerprint density at radius 3 is 2.53 bits per heavy atom. The largest absolute Gasteiger partial charge is 0.506 e. The molecule has 0 saturated carbocycles. The van der Waals surface area contributed by atoms with Crippen LogP contribution in [0.15, 0.2) is 23.1 Å². The van der Waals surface area contributed by atoms with Gasteiger partial charge in [-0.3, -0.25) is 0 Å². The van der Waals surface area contributed by atoms with E-state index < -0.39 is 10.0 Å². The minimum absolute atomic E-state index is 0.0875. The molecule has 2 rings (SSSR count). The molecule has 1 fully saturated rings. The van der Waals surface area contributed by atoms with Crippen molar-refractivity contribution in [3.05, 3.63) is 18.2 Å². The lowest BCUT2D eigenvalue weighted by atomic mass is 9.96. The first-order valence-corrected chi connectivity index (χ1v) is 7.97. The third-order valence-electron chi connectivity index (χ3n) is 3.79. The van der Waals surface area contributed by atoms with E-state index in [2.05, 4.69) is 6.92 Å². The summed E-state index contributed by atoms with van der Waals surface area (Å²) in [5.41, 5.74) is 5.65. The van der Waals surface area contributed by atoms with Gasteiger partial charge in [-0.15, -0.1) is 0 Å². The minimum Gasteiger partial charge on any atom is -0.506 e. The number of anilines is 1. The molecule has 1 aromatic carbocycles. The van der Waals surface area contributed by atoms with E-state index in [9.17, 15) is 13.5 Å². The van der Waals surface area contributed by atoms with Crippen LogP contribution in [-0.4, -0.2) is 30.9 Å². The first-order chi connectivity index (χ1) is 8.95. The van der Waals surface area contributed by atoms with Crippen molar-refractivity contribution in [1.29, 1.82) is 0 Å². The van der Waals surface area contributed by atoms with Crippen LogP contribution in [0.2, 0.25) is 0 Å². The summed E-state index contributed by atoms with van der Waals surface area (Å²) in [4.78, 5) is 0.151. The lowest BCUT2D eigenvalue weighted by Gasteiger charge is -2.30. The quantitative estimate of drug-likeness (QED) is 0.654. The van der Waals surface area contributed by atoms with Crippen molar-refractivity contribution in [1.82, 2.24) is 4.31 Å². The SMILES string of the molecule is CCC1CCN(S(=O)(=O)c2ccc(O)c(N)c2)CC1. The second-order valence-corrected chi connectivity index (χ2v) is 6.91. The highest BCUT2D eigenvalue weighted by Crippen LogP contribution is 2.28. The predicted octanol–water partition coefficient (Wildman–Crippen LogP) is 1.79. The van der Waals surface area contributed by atoms with E-state index in [-0.39, 0.29) is 16.3 Å². The summed E-state index contributed by atoms with van der Waals surface area (Å²) in [6.45, 7) is 3.25. The summed E-state index contributed by atoms with van der Waals surface area (Å²) in [7, 11) is -3.49. The smallest absolute Gasteiger partial charge is 0.243 e. The molecule has 0 unspecified atom stereocenters. The molecule has 106 valence electrons. The van der Waals surface area contributed by atoms with E-state index in [1.165, 1.54) is 22.5 Å². The minimum atomic E-state index is -3.49. The van der Waals surface area contributed by atoms with Crippen molar-refractivity contribution >= 4 is 15.7 Å². The van der Waals surface area contributed by atoms with Crippen LogP contribution in [0.25, 0.3) is 0 Å². The van der Waals surface area contributed by atoms with Gasteiger partial charge < -0.3 is 10.8 Å². The van der Waals surface area contributed by atoms with Gasteiger partial charge >= 0.3 is 0 Å². The van der Waals surface area contributed by atoms with E-state index in [1.807, 2.05) is 0 Å². The summed E-state index contributed by atoms with van der Waals surface area (Å²) in [6.07, 6.45) is 2.91. The average molecular weight is 284 g/mol. The number of sulfonamides is 1. The molecule has 0 aromatic heterocycles. The number of phenols is 1. The molecular weight excluding hydrogens is 264 g/mol. The van der Waals surface area contributed by atoms with Crippen LogP contribution < -0.4 is 5.73 Å². The Bertz CT molecular complexity index is 549. The van der Waals surface area contributed by atoms with E-state index in [1.54, 1.807) is 0 Å². The highest BCUT2D eigenvalue weighted by molar-refractivity contribution is 7.89. The lowest BCUT2D eigenvalue weighted by Crippen LogP contribution is -2.38. The van der Waals surface area contributed by atoms with Gasteiger partial charge in [-0.05, 0) is 37.0 Å². The Labute approximate surface area is 114 Å². The van der Waals surface area contributed by atoms with Gasteiger partial charge in [0.1, 0.15) is 5.75 Å². The van der Waals surface area contributed by atoms with Crippen LogP contribution in [0.3, 0.4) is 0 Å². The molecule has 1 aliphatic heterocycles. The number of hydrogen-bond acceptors (Lipinski definition) is 4. The molecule has 0 aliphatic carbocycles. The normalized spacial score (nSPS) is 18.6. The Kier molecular flexibility index (Phi) is 4.01. The first-order valence-electron chi connectivity index (χ1n) is 6.53. The lowest BCUT2D eigenvalue weighted by molar-refractivity contribution is 0.269. The monoisotopic (exact) mass is 284 g/mol. The van der Waals surface area contributed by atoms with Crippen LogP contribution in [-0.2, 0) is 10.0 Å². The Hall–Kier alpha value is -1.27. The van der Waals surface area contributed by atoms with Gasteiger partial charge in [-0.2, -0.15) is 4.31 Å². The van der Waals surface area contributed by atoms with Gasteiger partial charge in [0.25, 0.3) is 0 Å². The van der Waals surface area contributed by atoms with Crippen molar-refractivity contribution in [3.8, 4) is 5.75 Å². The number of nitrogens with two attached hydrogens (primary N) is 1. The van der Waals surface area contributed by atoms with Gasteiger partial charge in [0.2, 0.25) is 10.0 Å². The summed E-state index contributed by atoms with van der Waals surface area (Å²) >= 11 is 0. The first kappa shape index (κ1) is 14.1. The highest BCUT2D eigenvalue weighted by Gasteiger charge is 2.29. The second-order valence-electron chi connectivity index (χ2n) is 4.98. The molecule has 1 aliphatic rings. The number of phenolic OH excluding ortho intramolecular Hbond substituents is 1. The Balaban J connectivity index is 2.21. The maximum Gasteiger partial charge on any atom is 0.243 e. The summed E-state index contributed by atoms with van der Waals surface area (Å²) in [5, 5.41) is 9.35. The maximum absolute atomic E-state index is 12.4. The van der Waals surface area contributed by atoms with Crippen molar-refractivity contribution in [2.24, 2.45) is 5.92 Å². The van der Waals surface area contributed by atoms with Crippen molar-refractivity contribution in [2.75, 3.05) is 18.8 Å². The highest BCUT2D eigenvalue weighted by atomic mass is 32.2. The van der Waals surface area contributed by atoms with Gasteiger partial charge in [-0.25, -0.2) is 8.42 Å². The molecule has 0 bridgehead atoms. The summed E-state index contributed by atoms with van der Waals surface area (Å²) in [6, 6.07) is 4.03. The van der Waals surface area contributed by atoms with Gasteiger partial charge in [-0.1, -0.05) is 13.3 Å². The Morgan fingerprint density at radius 1 is 1.37 bits per heavy atom. The molecule has 0 amide bonds. The number of nitrogen functional groups attached to an aromatic ring is 1. The molecule has 0 atom stereocenters. The fourth-order valence-corrected chi connectivity index (χ4v) is 3.91. The molecule has 3 N–H and O–H groups in total. The number of nitrogens with zero attached hydrogens (tertiary/aromatic N) is 1. The molecule has 1 aromatic rings. The predicted molar refractivity (Wildman–Crippen MR) is 74.3 cm³/mol. The zero-order valence-electron chi connectivity index (χ0n) is 11.0. The van der Waals surface area contributed by atoms with E-state index >= 15 is 0 Å². The van der Waals surface area contributed by atoms with Crippen LogP contribution in [0.1, 0.15) is 26.2 Å². The van der Waals surface area contributed by atoms with Gasteiger partial charge in [0.05, 0.1) is 10.6 Å². The van der Waals surface area contributed by atoms with Gasteiger partial charge in [0, 0.05) is 13.1 Å². The third-order valence-corrected chi connectivity index (χ3v) is 5.68. The third kappa shape index (κ3) is 2.84. The second kappa shape index (κ2) is 5.38. The molecule has 1 heterocycles. The molecule has 19 heavy (non-hydrogen) atoms. The van der Waals surface area contributed by atoms with Gasteiger partial charge in [0.15, 0.2) is 0 Å². The summed E-state index contributed by atoms with van der Waals surface area (Å²) in [5.74, 6) is 0.528. The van der Waals surface area contributed by atoms with Crippen LogP contribution in [0.5, 0.6) is 5.75 Å². The average Bonchev–Trinajstić information content (AvgIpc) is 2.41.